The summed E-state index contributed by atoms with van der Waals surface area (Å²) in [5, 5.41) is 0. The molecule has 0 aliphatic carbocycles. The first-order valence-corrected chi connectivity index (χ1v) is 8.45. The molecule has 0 aliphatic heterocycles. The van der Waals surface area contributed by atoms with Crippen molar-refractivity contribution in [2.45, 2.75) is 39.8 Å². The maximum absolute atomic E-state index is 12.0. The van der Waals surface area contributed by atoms with Crippen molar-refractivity contribution < 1.29 is 8.42 Å². The predicted octanol–water partition coefficient (Wildman–Crippen LogP) is 1.85. The molecule has 1 N–H and O–H groups in total. The highest BCUT2D eigenvalue weighted by atomic mass is 35.5. The van der Waals surface area contributed by atoms with E-state index in [1.807, 2.05) is 31.5 Å². The summed E-state index contributed by atoms with van der Waals surface area (Å²) >= 11 is 5.54. The van der Waals surface area contributed by atoms with Gasteiger partial charge in [0.1, 0.15) is 0 Å². The molecule has 0 bridgehead atoms. The maximum atomic E-state index is 12.0. The van der Waals surface area contributed by atoms with Crippen molar-refractivity contribution in [3.8, 4) is 0 Å². The van der Waals surface area contributed by atoms with Gasteiger partial charge in [0.15, 0.2) is 0 Å². The number of aromatic nitrogens is 2. The summed E-state index contributed by atoms with van der Waals surface area (Å²) in [4.78, 5) is 3.97. The van der Waals surface area contributed by atoms with Crippen LogP contribution >= 0.6 is 11.6 Å². The minimum atomic E-state index is -3.30. The molecular weight excluding hydrogens is 286 g/mol. The van der Waals surface area contributed by atoms with Gasteiger partial charge >= 0.3 is 0 Å². The predicted molar refractivity (Wildman–Crippen MR) is 77.7 cm³/mol. The molecular formula is C12H22ClN3O2S. The van der Waals surface area contributed by atoms with Crippen LogP contribution in [0.3, 0.4) is 0 Å². The lowest BCUT2D eigenvalue weighted by Crippen LogP contribution is -2.47. The quantitative estimate of drug-likeness (QED) is 0.782. The Balaban J connectivity index is 2.76. The molecule has 5 nitrogen and oxygen atoms in total. The molecule has 7 heteroatoms. The molecule has 1 rings (SSSR count). The third kappa shape index (κ3) is 5.93. The molecule has 110 valence electrons. The standard InChI is InChI=1S/C12H22ClN3O2S/c1-12(2,3)11(9-16-7-6-14-10-16)15-19(17,18)8-4-5-13/h6-7,10-11,15H,4-5,8-9H2,1-3H3. The van der Waals surface area contributed by atoms with Gasteiger partial charge in [0.05, 0.1) is 12.1 Å². The monoisotopic (exact) mass is 307 g/mol. The molecule has 1 aromatic rings. The maximum Gasteiger partial charge on any atom is 0.211 e. The molecule has 0 saturated heterocycles. The Morgan fingerprint density at radius 2 is 2.11 bits per heavy atom. The van der Waals surface area contributed by atoms with Crippen LogP contribution in [0.4, 0.5) is 0 Å². The number of hydrogen-bond acceptors (Lipinski definition) is 3. The average molecular weight is 308 g/mol. The highest BCUT2D eigenvalue weighted by Crippen LogP contribution is 2.21. The fourth-order valence-corrected chi connectivity index (χ4v) is 3.41. The first kappa shape index (κ1) is 16.5. The Kier molecular flexibility index (Phi) is 5.82. The number of sulfonamides is 1. The van der Waals surface area contributed by atoms with Gasteiger partial charge < -0.3 is 4.57 Å². The molecule has 1 aromatic heterocycles. The first-order chi connectivity index (χ1) is 8.74. The summed E-state index contributed by atoms with van der Waals surface area (Å²) in [5.74, 6) is 0.412. The number of nitrogens with one attached hydrogen (secondary N) is 1. The molecule has 1 heterocycles. The fourth-order valence-electron chi connectivity index (χ4n) is 1.61. The molecule has 1 atom stereocenters. The second kappa shape index (κ2) is 6.72. The third-order valence-electron chi connectivity index (χ3n) is 2.87. The van der Waals surface area contributed by atoms with Gasteiger partial charge in [-0.1, -0.05) is 20.8 Å². The summed E-state index contributed by atoms with van der Waals surface area (Å²) in [6, 6.07) is -0.193. The van der Waals surface area contributed by atoms with E-state index >= 15 is 0 Å². The second-order valence-electron chi connectivity index (χ2n) is 5.66. The number of alkyl halides is 1. The minimum Gasteiger partial charge on any atom is -0.336 e. The molecule has 0 amide bonds. The number of rotatable bonds is 7. The van der Waals surface area contributed by atoms with Crippen molar-refractivity contribution in [3.63, 3.8) is 0 Å². The van der Waals surface area contributed by atoms with E-state index in [0.717, 1.165) is 0 Å². The Labute approximate surface area is 120 Å². The van der Waals surface area contributed by atoms with Gasteiger partial charge in [-0.2, -0.15) is 0 Å². The largest absolute Gasteiger partial charge is 0.336 e. The molecule has 0 aliphatic rings. The van der Waals surface area contributed by atoms with Gasteiger partial charge in [0, 0.05) is 30.9 Å². The van der Waals surface area contributed by atoms with E-state index in [1.54, 1.807) is 12.5 Å². The van der Waals surface area contributed by atoms with E-state index in [2.05, 4.69) is 9.71 Å². The number of nitrogens with zero attached hydrogens (tertiary/aromatic N) is 2. The number of imidazole rings is 1. The third-order valence-corrected chi connectivity index (χ3v) is 4.60. The first-order valence-electron chi connectivity index (χ1n) is 6.26. The fraction of sp³-hybridized carbons (Fsp3) is 0.750. The zero-order chi connectivity index (χ0) is 14.5. The smallest absolute Gasteiger partial charge is 0.211 e. The van der Waals surface area contributed by atoms with E-state index in [0.29, 0.717) is 18.8 Å². The zero-order valence-corrected chi connectivity index (χ0v) is 13.2. The summed E-state index contributed by atoms with van der Waals surface area (Å²) in [5.41, 5.74) is -0.182. The Morgan fingerprint density at radius 1 is 1.42 bits per heavy atom. The topological polar surface area (TPSA) is 64.0 Å². The molecule has 1 unspecified atom stereocenters. The van der Waals surface area contributed by atoms with E-state index in [1.165, 1.54) is 0 Å². The van der Waals surface area contributed by atoms with Crippen molar-refractivity contribution in [2.75, 3.05) is 11.6 Å². The van der Waals surface area contributed by atoms with E-state index in [4.69, 9.17) is 11.6 Å². The lowest BCUT2D eigenvalue weighted by molar-refractivity contribution is 0.270. The minimum absolute atomic E-state index is 0.0625. The van der Waals surface area contributed by atoms with Gasteiger partial charge in [0.2, 0.25) is 10.0 Å². The van der Waals surface area contributed by atoms with Crippen molar-refractivity contribution >= 4 is 21.6 Å². The molecule has 0 aromatic carbocycles. The lowest BCUT2D eigenvalue weighted by atomic mass is 9.87. The van der Waals surface area contributed by atoms with E-state index in [9.17, 15) is 8.42 Å². The molecule has 0 radical (unpaired) electrons. The number of hydrogen-bond donors (Lipinski definition) is 1. The van der Waals surface area contributed by atoms with Crippen LogP contribution < -0.4 is 4.72 Å². The van der Waals surface area contributed by atoms with Crippen LogP contribution in [0.25, 0.3) is 0 Å². The van der Waals surface area contributed by atoms with Gasteiger partial charge in [0.25, 0.3) is 0 Å². The average Bonchev–Trinajstić information content (AvgIpc) is 2.77. The molecule has 19 heavy (non-hydrogen) atoms. The summed E-state index contributed by atoms with van der Waals surface area (Å²) < 4.78 is 28.6. The second-order valence-corrected chi connectivity index (χ2v) is 7.91. The summed E-state index contributed by atoms with van der Waals surface area (Å²) in [6.07, 6.45) is 5.65. The van der Waals surface area contributed by atoms with Crippen molar-refractivity contribution in [1.82, 2.24) is 14.3 Å². The lowest BCUT2D eigenvalue weighted by Gasteiger charge is -2.31. The SMILES string of the molecule is CC(C)(C)C(Cn1ccnc1)NS(=O)(=O)CCCCl. The van der Waals surface area contributed by atoms with Crippen LogP contribution in [-0.4, -0.2) is 35.6 Å². The normalized spacial score (nSPS) is 14.5. The van der Waals surface area contributed by atoms with Crippen molar-refractivity contribution in [1.29, 1.82) is 0 Å². The van der Waals surface area contributed by atoms with Crippen LogP contribution in [0, 0.1) is 5.41 Å². The van der Waals surface area contributed by atoms with Gasteiger partial charge in [-0.05, 0) is 11.8 Å². The van der Waals surface area contributed by atoms with Crippen LogP contribution in [0.5, 0.6) is 0 Å². The molecule has 0 spiro atoms. The highest BCUT2D eigenvalue weighted by Gasteiger charge is 2.28. The van der Waals surface area contributed by atoms with Gasteiger partial charge in [-0.15, -0.1) is 11.6 Å². The summed E-state index contributed by atoms with van der Waals surface area (Å²) in [7, 11) is -3.30. The van der Waals surface area contributed by atoms with E-state index < -0.39 is 10.0 Å². The van der Waals surface area contributed by atoms with Crippen LogP contribution in [0.1, 0.15) is 27.2 Å². The van der Waals surface area contributed by atoms with Crippen LogP contribution in [0.15, 0.2) is 18.7 Å². The van der Waals surface area contributed by atoms with Crippen molar-refractivity contribution in [3.05, 3.63) is 18.7 Å². The van der Waals surface area contributed by atoms with Crippen LogP contribution in [-0.2, 0) is 16.6 Å². The van der Waals surface area contributed by atoms with Crippen molar-refractivity contribution in [2.24, 2.45) is 5.41 Å². The zero-order valence-electron chi connectivity index (χ0n) is 11.6. The molecule has 0 fully saturated rings. The van der Waals surface area contributed by atoms with Crippen LogP contribution in [0.2, 0.25) is 0 Å². The van der Waals surface area contributed by atoms with Gasteiger partial charge in [-0.3, -0.25) is 0 Å². The molecule has 0 saturated carbocycles. The Morgan fingerprint density at radius 3 is 2.58 bits per heavy atom. The Bertz CT molecular complexity index is 466. The summed E-state index contributed by atoms with van der Waals surface area (Å²) in [6.45, 7) is 6.60. The Hall–Kier alpha value is -0.590. The van der Waals surface area contributed by atoms with E-state index in [-0.39, 0.29) is 17.2 Å². The highest BCUT2D eigenvalue weighted by molar-refractivity contribution is 7.89. The number of halogens is 1. The van der Waals surface area contributed by atoms with Gasteiger partial charge in [-0.25, -0.2) is 18.1 Å².